The Balaban J connectivity index is 1.68. The average Bonchev–Trinajstić information content (AvgIpc) is 2.97. The highest BCUT2D eigenvalue weighted by Gasteiger charge is 2.36. The normalized spacial score (nSPS) is 15.2. The van der Waals surface area contributed by atoms with Gasteiger partial charge >= 0.3 is 0 Å². The SMILES string of the molecule is CC(C)Oc1ccc(/C=C2\SC(=O)N(CC(=O)Nc3ccc(F)c(F)c3F)C2=O)cc1. The maximum atomic E-state index is 13.7. The third kappa shape index (κ3) is 5.26. The van der Waals surface area contributed by atoms with Crippen LogP contribution in [0.2, 0.25) is 0 Å². The van der Waals surface area contributed by atoms with Crippen LogP contribution in [-0.4, -0.2) is 34.6 Å². The molecular weight excluding hydrogens is 433 g/mol. The molecule has 10 heteroatoms. The molecule has 2 aromatic carbocycles. The largest absolute Gasteiger partial charge is 0.491 e. The van der Waals surface area contributed by atoms with Crippen molar-refractivity contribution in [1.29, 1.82) is 0 Å². The van der Waals surface area contributed by atoms with E-state index in [1.165, 1.54) is 6.08 Å². The van der Waals surface area contributed by atoms with E-state index in [1.54, 1.807) is 24.3 Å². The number of hydrogen-bond donors (Lipinski definition) is 1. The summed E-state index contributed by atoms with van der Waals surface area (Å²) in [6.07, 6.45) is 1.50. The zero-order chi connectivity index (χ0) is 22.7. The second-order valence-corrected chi connectivity index (χ2v) is 7.77. The monoisotopic (exact) mass is 450 g/mol. The van der Waals surface area contributed by atoms with Gasteiger partial charge < -0.3 is 10.1 Å². The molecular formula is C21H17F3N2O4S. The summed E-state index contributed by atoms with van der Waals surface area (Å²) in [4.78, 5) is 37.6. The summed E-state index contributed by atoms with van der Waals surface area (Å²) >= 11 is 0.651. The van der Waals surface area contributed by atoms with Gasteiger partial charge in [0.1, 0.15) is 12.3 Å². The summed E-state index contributed by atoms with van der Waals surface area (Å²) in [6.45, 7) is 3.07. The number of nitrogens with one attached hydrogen (secondary N) is 1. The van der Waals surface area contributed by atoms with Crippen LogP contribution in [0.25, 0.3) is 6.08 Å². The van der Waals surface area contributed by atoms with Gasteiger partial charge in [-0.1, -0.05) is 12.1 Å². The topological polar surface area (TPSA) is 75.7 Å². The molecule has 1 saturated heterocycles. The number of halogens is 3. The van der Waals surface area contributed by atoms with E-state index in [4.69, 9.17) is 4.74 Å². The van der Waals surface area contributed by atoms with Crippen molar-refractivity contribution in [1.82, 2.24) is 4.90 Å². The van der Waals surface area contributed by atoms with Gasteiger partial charge in [-0.25, -0.2) is 13.2 Å². The number of benzene rings is 2. The molecule has 1 heterocycles. The molecule has 2 aromatic rings. The van der Waals surface area contributed by atoms with Crippen LogP contribution >= 0.6 is 11.8 Å². The predicted molar refractivity (Wildman–Crippen MR) is 110 cm³/mol. The molecule has 162 valence electrons. The van der Waals surface area contributed by atoms with E-state index in [0.717, 1.165) is 6.07 Å². The van der Waals surface area contributed by atoms with Crippen molar-refractivity contribution in [3.8, 4) is 5.75 Å². The molecule has 1 aliphatic heterocycles. The first-order chi connectivity index (χ1) is 14.7. The summed E-state index contributed by atoms with van der Waals surface area (Å²) in [7, 11) is 0. The standard InChI is InChI=1S/C21H17F3N2O4S/c1-11(2)30-13-5-3-12(4-6-13)9-16-20(28)26(21(29)31-16)10-17(27)25-15-8-7-14(22)18(23)19(15)24/h3-9,11H,10H2,1-2H3,(H,25,27)/b16-9-. The molecule has 0 radical (unpaired) electrons. The third-order valence-electron chi connectivity index (χ3n) is 4.03. The minimum atomic E-state index is -1.74. The van der Waals surface area contributed by atoms with Gasteiger partial charge in [-0.3, -0.25) is 19.3 Å². The van der Waals surface area contributed by atoms with E-state index < -0.39 is 46.7 Å². The number of hydrogen-bond acceptors (Lipinski definition) is 5. The van der Waals surface area contributed by atoms with Crippen molar-refractivity contribution < 1.29 is 32.3 Å². The number of ether oxygens (including phenoxy) is 1. The molecule has 0 spiro atoms. The van der Waals surface area contributed by atoms with Gasteiger partial charge in [-0.15, -0.1) is 0 Å². The lowest BCUT2D eigenvalue weighted by Crippen LogP contribution is -2.36. The van der Waals surface area contributed by atoms with Crippen LogP contribution in [0.1, 0.15) is 19.4 Å². The molecule has 3 amide bonds. The maximum Gasteiger partial charge on any atom is 0.294 e. The lowest BCUT2D eigenvalue weighted by atomic mass is 10.2. The van der Waals surface area contributed by atoms with Gasteiger partial charge in [0.05, 0.1) is 16.7 Å². The number of rotatable bonds is 6. The smallest absolute Gasteiger partial charge is 0.294 e. The number of anilines is 1. The van der Waals surface area contributed by atoms with Crippen LogP contribution in [0.15, 0.2) is 41.3 Å². The number of nitrogens with zero attached hydrogens (tertiary/aromatic N) is 1. The fourth-order valence-corrected chi connectivity index (χ4v) is 3.50. The highest BCUT2D eigenvalue weighted by molar-refractivity contribution is 8.18. The predicted octanol–water partition coefficient (Wildman–Crippen LogP) is 4.57. The van der Waals surface area contributed by atoms with Crippen molar-refractivity contribution in [3.63, 3.8) is 0 Å². The Kier molecular flexibility index (Phi) is 6.69. The first kappa shape index (κ1) is 22.4. The number of amides is 3. The Morgan fingerprint density at radius 1 is 1.10 bits per heavy atom. The van der Waals surface area contributed by atoms with Crippen molar-refractivity contribution in [2.75, 3.05) is 11.9 Å². The minimum Gasteiger partial charge on any atom is -0.491 e. The molecule has 1 aliphatic rings. The van der Waals surface area contributed by atoms with E-state index in [-0.39, 0.29) is 11.0 Å². The Morgan fingerprint density at radius 3 is 2.42 bits per heavy atom. The van der Waals surface area contributed by atoms with Gasteiger partial charge in [-0.05, 0) is 61.5 Å². The first-order valence-corrected chi connectivity index (χ1v) is 9.92. The van der Waals surface area contributed by atoms with Crippen molar-refractivity contribution in [2.24, 2.45) is 0 Å². The number of imide groups is 1. The van der Waals surface area contributed by atoms with E-state index in [1.807, 2.05) is 19.2 Å². The van der Waals surface area contributed by atoms with Crippen LogP contribution in [0.4, 0.5) is 23.7 Å². The first-order valence-electron chi connectivity index (χ1n) is 9.11. The Morgan fingerprint density at radius 2 is 1.77 bits per heavy atom. The van der Waals surface area contributed by atoms with E-state index >= 15 is 0 Å². The van der Waals surface area contributed by atoms with Crippen LogP contribution in [0.3, 0.4) is 0 Å². The molecule has 0 aromatic heterocycles. The Labute approximate surface area is 180 Å². The zero-order valence-electron chi connectivity index (χ0n) is 16.4. The molecule has 0 atom stereocenters. The van der Waals surface area contributed by atoms with Gasteiger partial charge in [0.25, 0.3) is 11.1 Å². The summed E-state index contributed by atoms with van der Waals surface area (Å²) in [5.41, 5.74) is 0.0463. The molecule has 0 bridgehead atoms. The van der Waals surface area contributed by atoms with E-state index in [0.29, 0.717) is 34.0 Å². The van der Waals surface area contributed by atoms with Crippen LogP contribution in [0, 0.1) is 17.5 Å². The van der Waals surface area contributed by atoms with E-state index in [9.17, 15) is 27.6 Å². The van der Waals surface area contributed by atoms with Crippen LogP contribution in [-0.2, 0) is 9.59 Å². The highest BCUT2D eigenvalue weighted by atomic mass is 32.2. The average molecular weight is 450 g/mol. The van der Waals surface area contributed by atoms with Gasteiger partial charge in [0, 0.05) is 0 Å². The molecule has 6 nitrogen and oxygen atoms in total. The summed E-state index contributed by atoms with van der Waals surface area (Å²) < 4.78 is 45.5. The Hall–Kier alpha value is -3.27. The number of carbonyl (C=O) groups excluding carboxylic acids is 3. The Bertz CT molecular complexity index is 1070. The van der Waals surface area contributed by atoms with Crippen molar-refractivity contribution in [3.05, 3.63) is 64.3 Å². The lowest BCUT2D eigenvalue weighted by Gasteiger charge is -2.13. The number of carbonyl (C=O) groups is 3. The quantitative estimate of drug-likeness (QED) is 0.516. The fourth-order valence-electron chi connectivity index (χ4n) is 2.66. The van der Waals surface area contributed by atoms with Gasteiger partial charge in [0.15, 0.2) is 17.5 Å². The second kappa shape index (κ2) is 9.25. The summed E-state index contributed by atoms with van der Waals surface area (Å²) in [6, 6.07) is 8.36. The molecule has 1 fully saturated rings. The molecule has 3 rings (SSSR count). The van der Waals surface area contributed by atoms with Crippen LogP contribution in [0.5, 0.6) is 5.75 Å². The van der Waals surface area contributed by atoms with Crippen molar-refractivity contribution in [2.45, 2.75) is 20.0 Å². The molecule has 31 heavy (non-hydrogen) atoms. The molecule has 0 saturated carbocycles. The van der Waals surface area contributed by atoms with Gasteiger partial charge in [-0.2, -0.15) is 0 Å². The fraction of sp³-hybridized carbons (Fsp3) is 0.190. The summed E-state index contributed by atoms with van der Waals surface area (Å²) in [5, 5.41) is 1.34. The zero-order valence-corrected chi connectivity index (χ0v) is 17.3. The van der Waals surface area contributed by atoms with Crippen LogP contribution < -0.4 is 10.1 Å². The second-order valence-electron chi connectivity index (χ2n) is 6.77. The summed E-state index contributed by atoms with van der Waals surface area (Å²) in [5.74, 6) is -5.71. The number of thioether (sulfide) groups is 1. The maximum absolute atomic E-state index is 13.7. The molecule has 0 unspecified atom stereocenters. The van der Waals surface area contributed by atoms with Crippen molar-refractivity contribution >= 4 is 40.6 Å². The van der Waals surface area contributed by atoms with E-state index in [2.05, 4.69) is 0 Å². The minimum absolute atomic E-state index is 0.00775. The lowest BCUT2D eigenvalue weighted by molar-refractivity contribution is -0.127. The highest BCUT2D eigenvalue weighted by Crippen LogP contribution is 2.32. The third-order valence-corrected chi connectivity index (χ3v) is 4.94. The molecule has 1 N–H and O–H groups in total. The van der Waals surface area contributed by atoms with Gasteiger partial charge in [0.2, 0.25) is 5.91 Å². The molecule has 0 aliphatic carbocycles.